The van der Waals surface area contributed by atoms with E-state index >= 15 is 0 Å². The molecule has 1 atom stereocenters. The summed E-state index contributed by atoms with van der Waals surface area (Å²) in [4.78, 5) is 8.52. The highest BCUT2D eigenvalue weighted by Gasteiger charge is 2.12. The molecule has 0 aliphatic heterocycles. The van der Waals surface area contributed by atoms with Crippen LogP contribution in [0.3, 0.4) is 0 Å². The van der Waals surface area contributed by atoms with Crippen molar-refractivity contribution in [2.45, 2.75) is 39.2 Å². The largest absolute Gasteiger partial charge is 0.394 e. The summed E-state index contributed by atoms with van der Waals surface area (Å²) in [6.07, 6.45) is 3.07. The second-order valence-corrected chi connectivity index (χ2v) is 5.12. The van der Waals surface area contributed by atoms with Crippen molar-refractivity contribution in [3.8, 4) is 0 Å². The molecule has 0 unspecified atom stereocenters. The first kappa shape index (κ1) is 14.5. The Hall–Kier alpha value is -1.88. The van der Waals surface area contributed by atoms with Crippen molar-refractivity contribution >= 4 is 22.7 Å². The number of nitrogens with one attached hydrogen (secondary N) is 1. The van der Waals surface area contributed by atoms with Gasteiger partial charge in [-0.2, -0.15) is 4.98 Å². The fourth-order valence-corrected chi connectivity index (χ4v) is 2.22. The van der Waals surface area contributed by atoms with Crippen LogP contribution in [0.2, 0.25) is 0 Å². The molecule has 0 bridgehead atoms. The zero-order valence-corrected chi connectivity index (χ0v) is 12.1. The Morgan fingerprint density at radius 3 is 2.85 bits per heavy atom. The molecule has 0 aliphatic carbocycles. The molecule has 108 valence electrons. The highest BCUT2D eigenvalue weighted by Crippen LogP contribution is 2.23. The molecular formula is C15H22N4O. The van der Waals surface area contributed by atoms with Gasteiger partial charge in [-0.05, 0) is 25.5 Å². The lowest BCUT2D eigenvalue weighted by molar-refractivity contribution is 0.267. The maximum Gasteiger partial charge on any atom is 0.222 e. The van der Waals surface area contributed by atoms with Gasteiger partial charge in [-0.15, -0.1) is 0 Å². The zero-order valence-electron chi connectivity index (χ0n) is 12.1. The summed E-state index contributed by atoms with van der Waals surface area (Å²) >= 11 is 0. The Morgan fingerprint density at radius 2 is 2.15 bits per heavy atom. The van der Waals surface area contributed by atoms with Crippen molar-refractivity contribution in [1.82, 2.24) is 9.97 Å². The van der Waals surface area contributed by atoms with Gasteiger partial charge in [-0.25, -0.2) is 4.98 Å². The molecule has 4 N–H and O–H groups in total. The van der Waals surface area contributed by atoms with E-state index in [1.807, 2.05) is 25.1 Å². The average Bonchev–Trinajstić information content (AvgIpc) is 2.43. The molecule has 2 rings (SSSR count). The molecule has 0 amide bonds. The molecule has 1 heterocycles. The van der Waals surface area contributed by atoms with Gasteiger partial charge >= 0.3 is 0 Å². The number of aromatic nitrogens is 2. The molecule has 1 aromatic carbocycles. The van der Waals surface area contributed by atoms with Crippen LogP contribution in [0.25, 0.3) is 10.9 Å². The summed E-state index contributed by atoms with van der Waals surface area (Å²) in [5, 5.41) is 13.7. The third-order valence-corrected chi connectivity index (χ3v) is 3.34. The minimum atomic E-state index is -0.00652. The van der Waals surface area contributed by atoms with Crippen LogP contribution in [0.5, 0.6) is 0 Å². The lowest BCUT2D eigenvalue weighted by Crippen LogP contribution is -2.24. The number of nitrogens with zero attached hydrogens (tertiary/aromatic N) is 2. The van der Waals surface area contributed by atoms with E-state index in [4.69, 9.17) is 5.73 Å². The quantitative estimate of drug-likeness (QED) is 0.753. The number of rotatable bonds is 6. The normalized spacial score (nSPS) is 12.6. The summed E-state index contributed by atoms with van der Waals surface area (Å²) in [7, 11) is 0. The fraction of sp³-hybridized carbons (Fsp3) is 0.467. The predicted molar refractivity (Wildman–Crippen MR) is 82.7 cm³/mol. The molecule has 0 saturated heterocycles. The summed E-state index contributed by atoms with van der Waals surface area (Å²) in [6.45, 7) is 4.24. The minimum absolute atomic E-state index is 0.00652. The van der Waals surface area contributed by atoms with E-state index in [-0.39, 0.29) is 18.6 Å². The van der Waals surface area contributed by atoms with E-state index in [0.717, 1.165) is 35.7 Å². The Kier molecular flexibility index (Phi) is 4.74. The highest BCUT2D eigenvalue weighted by atomic mass is 16.3. The second-order valence-electron chi connectivity index (χ2n) is 5.12. The van der Waals surface area contributed by atoms with E-state index in [1.54, 1.807) is 0 Å². The van der Waals surface area contributed by atoms with Crippen LogP contribution in [-0.2, 0) is 0 Å². The molecule has 0 spiro atoms. The number of nitrogen functional groups attached to an aromatic ring is 1. The number of aliphatic hydroxyl groups excluding tert-OH is 1. The van der Waals surface area contributed by atoms with Crippen molar-refractivity contribution < 1.29 is 5.11 Å². The standard InChI is InChI=1S/C15H22N4O/c1-3-4-5-11(9-20)17-14-12-8-10(2)6-7-13(12)18-15(16)19-14/h6-8,11,20H,3-5,9H2,1-2H3,(H3,16,17,18,19)/t11-/m0/s1. The van der Waals surface area contributed by atoms with E-state index in [0.29, 0.717) is 5.82 Å². The van der Waals surface area contributed by atoms with Gasteiger partial charge in [0.25, 0.3) is 0 Å². The number of fused-ring (bicyclic) bond motifs is 1. The van der Waals surface area contributed by atoms with Crippen LogP contribution in [0.1, 0.15) is 31.7 Å². The number of anilines is 2. The SMILES string of the molecule is CCCC[C@@H](CO)Nc1nc(N)nc2ccc(C)cc12. The molecule has 0 aliphatic rings. The van der Waals surface area contributed by atoms with E-state index < -0.39 is 0 Å². The van der Waals surface area contributed by atoms with Crippen LogP contribution < -0.4 is 11.1 Å². The lowest BCUT2D eigenvalue weighted by atomic mass is 10.1. The van der Waals surface area contributed by atoms with Gasteiger partial charge in [-0.1, -0.05) is 31.4 Å². The third-order valence-electron chi connectivity index (χ3n) is 3.34. The second kappa shape index (κ2) is 6.52. The molecule has 5 heteroatoms. The monoisotopic (exact) mass is 274 g/mol. The average molecular weight is 274 g/mol. The van der Waals surface area contributed by atoms with Crippen LogP contribution in [0, 0.1) is 6.92 Å². The number of nitrogens with two attached hydrogens (primary N) is 1. The number of unbranched alkanes of at least 4 members (excludes halogenated alkanes) is 1. The van der Waals surface area contributed by atoms with Gasteiger partial charge < -0.3 is 16.2 Å². The van der Waals surface area contributed by atoms with Gasteiger partial charge in [-0.3, -0.25) is 0 Å². The van der Waals surface area contributed by atoms with Gasteiger partial charge in [0.2, 0.25) is 5.95 Å². The van der Waals surface area contributed by atoms with Gasteiger partial charge in [0.15, 0.2) is 0 Å². The molecule has 1 aromatic heterocycles. The molecule has 2 aromatic rings. The van der Waals surface area contributed by atoms with Crippen molar-refractivity contribution in [3.05, 3.63) is 23.8 Å². The smallest absolute Gasteiger partial charge is 0.222 e. The molecule has 0 radical (unpaired) electrons. The molecule has 20 heavy (non-hydrogen) atoms. The molecular weight excluding hydrogens is 252 g/mol. The van der Waals surface area contributed by atoms with E-state index in [1.165, 1.54) is 0 Å². The lowest BCUT2D eigenvalue weighted by Gasteiger charge is -2.18. The van der Waals surface area contributed by atoms with Crippen molar-refractivity contribution in [2.75, 3.05) is 17.7 Å². The number of aryl methyl sites for hydroxylation is 1. The predicted octanol–water partition coefficient (Wildman–Crippen LogP) is 2.48. The van der Waals surface area contributed by atoms with Crippen LogP contribution in [0.15, 0.2) is 18.2 Å². The summed E-state index contributed by atoms with van der Waals surface area (Å²) in [5.74, 6) is 0.947. The first-order valence-corrected chi connectivity index (χ1v) is 7.05. The first-order chi connectivity index (χ1) is 9.63. The van der Waals surface area contributed by atoms with Crippen molar-refractivity contribution in [3.63, 3.8) is 0 Å². The van der Waals surface area contributed by atoms with Crippen LogP contribution in [-0.4, -0.2) is 27.7 Å². The molecule has 5 nitrogen and oxygen atoms in total. The Labute approximate surface area is 119 Å². The fourth-order valence-electron chi connectivity index (χ4n) is 2.22. The maximum absolute atomic E-state index is 9.47. The summed E-state index contributed by atoms with van der Waals surface area (Å²) in [6, 6.07) is 5.96. The number of benzene rings is 1. The Morgan fingerprint density at radius 1 is 1.35 bits per heavy atom. The number of hydrogen-bond acceptors (Lipinski definition) is 5. The maximum atomic E-state index is 9.47. The minimum Gasteiger partial charge on any atom is -0.394 e. The first-order valence-electron chi connectivity index (χ1n) is 7.05. The van der Waals surface area contributed by atoms with Crippen LogP contribution in [0.4, 0.5) is 11.8 Å². The molecule has 0 saturated carbocycles. The Bertz CT molecular complexity index is 585. The van der Waals surface area contributed by atoms with Crippen molar-refractivity contribution in [2.24, 2.45) is 0 Å². The molecule has 0 fully saturated rings. The van der Waals surface area contributed by atoms with Gasteiger partial charge in [0.1, 0.15) is 5.82 Å². The topological polar surface area (TPSA) is 84.1 Å². The van der Waals surface area contributed by atoms with Gasteiger partial charge in [0.05, 0.1) is 18.2 Å². The summed E-state index contributed by atoms with van der Waals surface area (Å²) < 4.78 is 0. The Balaban J connectivity index is 2.34. The van der Waals surface area contributed by atoms with Gasteiger partial charge in [0, 0.05) is 5.39 Å². The third kappa shape index (κ3) is 3.36. The van der Waals surface area contributed by atoms with Crippen molar-refractivity contribution in [1.29, 1.82) is 0 Å². The number of aliphatic hydroxyl groups is 1. The zero-order chi connectivity index (χ0) is 14.5. The van der Waals surface area contributed by atoms with E-state index in [9.17, 15) is 5.11 Å². The van der Waals surface area contributed by atoms with Crippen LogP contribution >= 0.6 is 0 Å². The summed E-state index contributed by atoms with van der Waals surface area (Å²) in [5.41, 5.74) is 7.71. The number of hydrogen-bond donors (Lipinski definition) is 3. The van der Waals surface area contributed by atoms with E-state index in [2.05, 4.69) is 22.2 Å². The highest BCUT2D eigenvalue weighted by molar-refractivity contribution is 5.90.